The molecule has 0 aromatic carbocycles. The van der Waals surface area contributed by atoms with E-state index in [1.54, 1.807) is 11.8 Å². The lowest BCUT2D eigenvalue weighted by atomic mass is 10.2. The summed E-state index contributed by atoms with van der Waals surface area (Å²) in [7, 11) is 0. The molecule has 1 saturated heterocycles. The Morgan fingerprint density at radius 1 is 1.58 bits per heavy atom. The molecule has 0 radical (unpaired) electrons. The predicted molar refractivity (Wildman–Crippen MR) is 52.8 cm³/mol. The molecule has 0 spiro atoms. The van der Waals surface area contributed by atoms with Gasteiger partial charge in [0.25, 0.3) is 0 Å². The van der Waals surface area contributed by atoms with Gasteiger partial charge in [0.05, 0.1) is 10.8 Å². The second-order valence-electron chi connectivity index (χ2n) is 2.87. The molecule has 1 amide bonds. The van der Waals surface area contributed by atoms with Crippen LogP contribution in [0.3, 0.4) is 0 Å². The fraction of sp³-hybridized carbons (Fsp3) is 0.667. The Morgan fingerprint density at radius 3 is 2.75 bits per heavy atom. The van der Waals surface area contributed by atoms with Crippen LogP contribution in [0.15, 0.2) is 10.6 Å². The fourth-order valence-corrected chi connectivity index (χ4v) is 2.42. The minimum absolute atomic E-state index is 0.255. The van der Waals surface area contributed by atoms with Crippen molar-refractivity contribution in [3.63, 3.8) is 0 Å². The quantitative estimate of drug-likeness (QED) is 0.657. The van der Waals surface area contributed by atoms with Crippen LogP contribution in [0.25, 0.3) is 0 Å². The Morgan fingerprint density at radius 2 is 2.25 bits per heavy atom. The minimum atomic E-state index is 0.255. The lowest BCUT2D eigenvalue weighted by Crippen LogP contribution is -2.24. The molecule has 3 heteroatoms. The van der Waals surface area contributed by atoms with Crippen molar-refractivity contribution < 1.29 is 4.79 Å². The van der Waals surface area contributed by atoms with Crippen molar-refractivity contribution in [2.45, 2.75) is 27.2 Å². The van der Waals surface area contributed by atoms with E-state index in [1.165, 1.54) is 10.6 Å². The molecule has 0 unspecified atom stereocenters. The van der Waals surface area contributed by atoms with Gasteiger partial charge >= 0.3 is 0 Å². The first-order chi connectivity index (χ1) is 5.70. The van der Waals surface area contributed by atoms with Crippen LogP contribution in [0, 0.1) is 0 Å². The van der Waals surface area contributed by atoms with E-state index in [-0.39, 0.29) is 5.91 Å². The van der Waals surface area contributed by atoms with Crippen LogP contribution in [-0.4, -0.2) is 23.1 Å². The molecular formula is C9H15NOS. The standard InChI is InChI=1S/C9H15NOS/c1-4-7(3)9-10(5-2)8(11)6-12-9/h4-6H2,1-3H3/b9-7+. The summed E-state index contributed by atoms with van der Waals surface area (Å²) in [5.41, 5.74) is 1.33. The zero-order valence-electron chi connectivity index (χ0n) is 7.89. The van der Waals surface area contributed by atoms with E-state index in [0.717, 1.165) is 13.0 Å². The summed E-state index contributed by atoms with van der Waals surface area (Å²) < 4.78 is 0. The highest BCUT2D eigenvalue weighted by atomic mass is 32.2. The third-order valence-electron chi connectivity index (χ3n) is 2.09. The highest BCUT2D eigenvalue weighted by molar-refractivity contribution is 8.04. The summed E-state index contributed by atoms with van der Waals surface area (Å²) in [6, 6.07) is 0. The van der Waals surface area contributed by atoms with Gasteiger partial charge in [-0.15, -0.1) is 0 Å². The molecule has 0 N–H and O–H groups in total. The molecule has 12 heavy (non-hydrogen) atoms. The molecule has 0 aliphatic carbocycles. The molecule has 0 aromatic rings. The van der Waals surface area contributed by atoms with E-state index in [9.17, 15) is 4.79 Å². The summed E-state index contributed by atoms with van der Waals surface area (Å²) in [5.74, 6) is 0.880. The molecule has 1 fully saturated rings. The molecule has 0 aromatic heterocycles. The maximum Gasteiger partial charge on any atom is 0.237 e. The van der Waals surface area contributed by atoms with Gasteiger partial charge in [0.15, 0.2) is 0 Å². The number of hydrogen-bond donors (Lipinski definition) is 0. The lowest BCUT2D eigenvalue weighted by Gasteiger charge is -2.16. The summed E-state index contributed by atoms with van der Waals surface area (Å²) in [6.07, 6.45) is 1.03. The van der Waals surface area contributed by atoms with E-state index in [4.69, 9.17) is 0 Å². The van der Waals surface area contributed by atoms with Crippen LogP contribution in [0.4, 0.5) is 0 Å². The summed E-state index contributed by atoms with van der Waals surface area (Å²) in [4.78, 5) is 13.2. The Bertz CT molecular complexity index is 223. The Balaban J connectivity index is 2.86. The molecule has 1 rings (SSSR count). The van der Waals surface area contributed by atoms with Crippen molar-refractivity contribution in [2.75, 3.05) is 12.3 Å². The molecule has 2 nitrogen and oxygen atoms in total. The molecule has 68 valence electrons. The molecule has 0 bridgehead atoms. The third kappa shape index (κ3) is 1.66. The van der Waals surface area contributed by atoms with Gasteiger partial charge in [-0.3, -0.25) is 4.79 Å². The van der Waals surface area contributed by atoms with Crippen molar-refractivity contribution in [2.24, 2.45) is 0 Å². The SMILES string of the molecule is CC/C(C)=C1/SCC(=O)N1CC. The average Bonchev–Trinajstić information content (AvgIpc) is 2.45. The monoisotopic (exact) mass is 185 g/mol. The molecule has 0 saturated carbocycles. The summed E-state index contributed by atoms with van der Waals surface area (Å²) >= 11 is 1.67. The lowest BCUT2D eigenvalue weighted by molar-refractivity contribution is -0.125. The normalized spacial score (nSPS) is 21.9. The van der Waals surface area contributed by atoms with Crippen molar-refractivity contribution in [3.8, 4) is 0 Å². The van der Waals surface area contributed by atoms with Crippen LogP contribution in [-0.2, 0) is 4.79 Å². The molecule has 1 heterocycles. The zero-order chi connectivity index (χ0) is 9.14. The Hall–Kier alpha value is -0.440. The van der Waals surface area contributed by atoms with E-state index in [1.807, 2.05) is 11.8 Å². The number of thioether (sulfide) groups is 1. The van der Waals surface area contributed by atoms with Gasteiger partial charge in [-0.2, -0.15) is 0 Å². The maximum atomic E-state index is 11.3. The summed E-state index contributed by atoms with van der Waals surface area (Å²) in [5, 5.41) is 1.19. The van der Waals surface area contributed by atoms with E-state index in [2.05, 4.69) is 13.8 Å². The van der Waals surface area contributed by atoms with Gasteiger partial charge in [-0.25, -0.2) is 0 Å². The summed E-state index contributed by atoms with van der Waals surface area (Å²) in [6.45, 7) is 7.05. The fourth-order valence-electron chi connectivity index (χ4n) is 1.22. The second-order valence-corrected chi connectivity index (χ2v) is 3.83. The minimum Gasteiger partial charge on any atom is -0.306 e. The van der Waals surface area contributed by atoms with Crippen LogP contribution in [0.5, 0.6) is 0 Å². The number of hydrogen-bond acceptors (Lipinski definition) is 2. The van der Waals surface area contributed by atoms with Crippen molar-refractivity contribution in [3.05, 3.63) is 10.6 Å². The first kappa shape index (κ1) is 9.65. The highest BCUT2D eigenvalue weighted by Gasteiger charge is 2.25. The van der Waals surface area contributed by atoms with E-state index >= 15 is 0 Å². The first-order valence-electron chi connectivity index (χ1n) is 4.33. The van der Waals surface area contributed by atoms with Crippen LogP contribution < -0.4 is 0 Å². The number of carbonyl (C=O) groups excluding carboxylic acids is 1. The number of amides is 1. The van der Waals surface area contributed by atoms with E-state index in [0.29, 0.717) is 5.75 Å². The number of carbonyl (C=O) groups is 1. The van der Waals surface area contributed by atoms with Crippen LogP contribution in [0.2, 0.25) is 0 Å². The largest absolute Gasteiger partial charge is 0.306 e. The van der Waals surface area contributed by atoms with Crippen molar-refractivity contribution in [1.82, 2.24) is 4.90 Å². The Labute approximate surface area is 78.0 Å². The van der Waals surface area contributed by atoms with Gasteiger partial charge in [-0.1, -0.05) is 18.7 Å². The van der Waals surface area contributed by atoms with Crippen LogP contribution in [0.1, 0.15) is 27.2 Å². The van der Waals surface area contributed by atoms with Crippen molar-refractivity contribution in [1.29, 1.82) is 0 Å². The van der Waals surface area contributed by atoms with Gasteiger partial charge in [-0.05, 0) is 25.8 Å². The van der Waals surface area contributed by atoms with Gasteiger partial charge in [0, 0.05) is 6.54 Å². The topological polar surface area (TPSA) is 20.3 Å². The number of nitrogens with zero attached hydrogens (tertiary/aromatic N) is 1. The van der Waals surface area contributed by atoms with Gasteiger partial charge < -0.3 is 4.90 Å². The average molecular weight is 185 g/mol. The highest BCUT2D eigenvalue weighted by Crippen LogP contribution is 2.31. The number of rotatable bonds is 2. The van der Waals surface area contributed by atoms with Gasteiger partial charge in [0.1, 0.15) is 0 Å². The van der Waals surface area contributed by atoms with Gasteiger partial charge in [0.2, 0.25) is 5.91 Å². The van der Waals surface area contributed by atoms with Crippen LogP contribution >= 0.6 is 11.8 Å². The van der Waals surface area contributed by atoms with Crippen molar-refractivity contribution >= 4 is 17.7 Å². The smallest absolute Gasteiger partial charge is 0.237 e. The molecule has 0 atom stereocenters. The first-order valence-corrected chi connectivity index (χ1v) is 5.32. The predicted octanol–water partition coefficient (Wildman–Crippen LogP) is 2.22. The maximum absolute atomic E-state index is 11.3. The molecular weight excluding hydrogens is 170 g/mol. The van der Waals surface area contributed by atoms with E-state index < -0.39 is 0 Å². The third-order valence-corrected chi connectivity index (χ3v) is 3.32. The zero-order valence-corrected chi connectivity index (χ0v) is 8.70. The molecule has 1 aliphatic rings. The molecule has 1 aliphatic heterocycles. The second kappa shape index (κ2) is 3.99. The Kier molecular flexibility index (Phi) is 3.20. The number of allylic oxidation sites excluding steroid dienone is 1.